The van der Waals surface area contributed by atoms with Gasteiger partial charge in [0, 0.05) is 6.54 Å². The minimum atomic E-state index is -0.0657. The number of rotatable bonds is 7. The first kappa shape index (κ1) is 19.5. The van der Waals surface area contributed by atoms with Crippen LogP contribution >= 0.6 is 24.0 Å². The fraction of sp³-hybridized carbons (Fsp3) is 0.238. The molecule has 6 heteroatoms. The lowest BCUT2D eigenvalue weighted by molar-refractivity contribution is -0.122. The van der Waals surface area contributed by atoms with Crippen LogP contribution in [0.25, 0.3) is 6.08 Å². The van der Waals surface area contributed by atoms with Crippen LogP contribution in [0.3, 0.4) is 0 Å². The molecule has 140 valence electrons. The van der Waals surface area contributed by atoms with Crippen molar-refractivity contribution in [2.75, 3.05) is 13.2 Å². The second kappa shape index (κ2) is 9.06. The minimum Gasteiger partial charge on any atom is -0.504 e. The Balaban J connectivity index is 1.66. The number of phenolic OH excluding ortho intramolecular Hbond substituents is 1. The summed E-state index contributed by atoms with van der Waals surface area (Å²) in [7, 11) is 0. The summed E-state index contributed by atoms with van der Waals surface area (Å²) in [4.78, 5) is 15.0. The third kappa shape index (κ3) is 4.90. The zero-order chi connectivity index (χ0) is 19.2. The molecule has 1 fully saturated rings. The van der Waals surface area contributed by atoms with Crippen molar-refractivity contribution < 1.29 is 14.6 Å². The average Bonchev–Trinajstić information content (AvgIpc) is 2.93. The molecule has 0 spiro atoms. The van der Waals surface area contributed by atoms with Crippen LogP contribution in [-0.2, 0) is 11.2 Å². The van der Waals surface area contributed by atoms with E-state index in [9.17, 15) is 9.90 Å². The lowest BCUT2D eigenvalue weighted by atomic mass is 10.1. The number of aryl methyl sites for hydroxylation is 1. The molecule has 1 N–H and O–H groups in total. The summed E-state index contributed by atoms with van der Waals surface area (Å²) < 4.78 is 5.99. The smallest absolute Gasteiger partial charge is 0.266 e. The van der Waals surface area contributed by atoms with Crippen molar-refractivity contribution in [3.8, 4) is 11.5 Å². The largest absolute Gasteiger partial charge is 0.504 e. The van der Waals surface area contributed by atoms with Gasteiger partial charge in [-0.2, -0.15) is 0 Å². The third-order valence-corrected chi connectivity index (χ3v) is 5.52. The lowest BCUT2D eigenvalue weighted by Crippen LogP contribution is -2.29. The van der Waals surface area contributed by atoms with Gasteiger partial charge in [0.2, 0.25) is 0 Å². The molecule has 0 aromatic heterocycles. The van der Waals surface area contributed by atoms with Crippen molar-refractivity contribution in [3.05, 3.63) is 64.6 Å². The number of thiocarbonyl (C=S) groups is 1. The van der Waals surface area contributed by atoms with Crippen molar-refractivity contribution >= 4 is 40.3 Å². The first-order valence-corrected chi connectivity index (χ1v) is 10.1. The van der Waals surface area contributed by atoms with E-state index in [1.807, 2.05) is 25.1 Å². The van der Waals surface area contributed by atoms with Crippen molar-refractivity contribution in [3.63, 3.8) is 0 Å². The Bertz CT molecular complexity index is 865. The molecule has 0 aliphatic carbocycles. The number of hydrogen-bond acceptors (Lipinski definition) is 5. The van der Waals surface area contributed by atoms with Crippen molar-refractivity contribution in [2.24, 2.45) is 0 Å². The zero-order valence-electron chi connectivity index (χ0n) is 15.1. The predicted octanol–water partition coefficient (Wildman–Crippen LogP) is 4.62. The van der Waals surface area contributed by atoms with Gasteiger partial charge in [0.05, 0.1) is 11.5 Å². The van der Waals surface area contributed by atoms with Crippen LogP contribution in [0.5, 0.6) is 11.5 Å². The number of thioether (sulfide) groups is 1. The van der Waals surface area contributed by atoms with Gasteiger partial charge in [0.1, 0.15) is 4.32 Å². The van der Waals surface area contributed by atoms with Crippen LogP contribution in [0.4, 0.5) is 0 Å². The number of carbonyl (C=O) groups is 1. The molecule has 1 aliphatic heterocycles. The predicted molar refractivity (Wildman–Crippen MR) is 114 cm³/mol. The summed E-state index contributed by atoms with van der Waals surface area (Å²) in [6, 6.07) is 15.3. The Labute approximate surface area is 168 Å². The number of phenols is 1. The summed E-state index contributed by atoms with van der Waals surface area (Å²) in [6.45, 7) is 2.92. The van der Waals surface area contributed by atoms with Gasteiger partial charge in [-0.3, -0.25) is 9.69 Å². The number of ether oxygens (including phenoxy) is 1. The average molecular weight is 400 g/mol. The molecule has 2 aromatic carbocycles. The molecule has 0 bridgehead atoms. The van der Waals surface area contributed by atoms with E-state index < -0.39 is 0 Å². The second-order valence-corrected chi connectivity index (χ2v) is 7.76. The lowest BCUT2D eigenvalue weighted by Gasteiger charge is -2.14. The van der Waals surface area contributed by atoms with Crippen LogP contribution in [0, 0.1) is 0 Å². The van der Waals surface area contributed by atoms with E-state index in [4.69, 9.17) is 17.0 Å². The van der Waals surface area contributed by atoms with Gasteiger partial charge >= 0.3 is 0 Å². The molecule has 0 unspecified atom stereocenters. The summed E-state index contributed by atoms with van der Waals surface area (Å²) in [5.74, 6) is 0.427. The fourth-order valence-corrected chi connectivity index (χ4v) is 4.13. The summed E-state index contributed by atoms with van der Waals surface area (Å²) in [5.41, 5.74) is 2.05. The van der Waals surface area contributed by atoms with E-state index in [2.05, 4.69) is 12.1 Å². The maximum Gasteiger partial charge on any atom is 0.266 e. The topological polar surface area (TPSA) is 49.8 Å². The first-order valence-electron chi connectivity index (χ1n) is 8.83. The highest BCUT2D eigenvalue weighted by Crippen LogP contribution is 2.34. The molecule has 1 amide bonds. The van der Waals surface area contributed by atoms with E-state index in [1.165, 1.54) is 17.3 Å². The first-order chi connectivity index (χ1) is 13.1. The molecule has 0 atom stereocenters. The highest BCUT2D eigenvalue weighted by Gasteiger charge is 2.31. The molecule has 2 aromatic rings. The molecule has 27 heavy (non-hydrogen) atoms. The molecule has 0 saturated carbocycles. The van der Waals surface area contributed by atoms with Gasteiger partial charge in [0.15, 0.2) is 11.5 Å². The number of benzene rings is 2. The van der Waals surface area contributed by atoms with E-state index in [0.717, 1.165) is 18.4 Å². The van der Waals surface area contributed by atoms with Crippen LogP contribution in [0.1, 0.15) is 24.5 Å². The molecular weight excluding hydrogens is 378 g/mol. The van der Waals surface area contributed by atoms with E-state index >= 15 is 0 Å². The molecule has 1 saturated heterocycles. The van der Waals surface area contributed by atoms with Gasteiger partial charge in [-0.25, -0.2) is 0 Å². The van der Waals surface area contributed by atoms with Crippen LogP contribution in [0.2, 0.25) is 0 Å². The highest BCUT2D eigenvalue weighted by atomic mass is 32.2. The van der Waals surface area contributed by atoms with Gasteiger partial charge in [0.25, 0.3) is 5.91 Å². The summed E-state index contributed by atoms with van der Waals surface area (Å²) >= 11 is 6.70. The van der Waals surface area contributed by atoms with Crippen LogP contribution in [0.15, 0.2) is 53.4 Å². The summed E-state index contributed by atoms with van der Waals surface area (Å²) in [5, 5.41) is 9.81. The number of aromatic hydroxyl groups is 1. The van der Waals surface area contributed by atoms with Crippen LogP contribution < -0.4 is 4.74 Å². The zero-order valence-corrected chi connectivity index (χ0v) is 16.7. The molecule has 1 aliphatic rings. The standard InChI is InChI=1S/C21H21NO3S2/c1-2-25-18-13-16(10-11-17(18)23)14-19-20(24)22(21(26)27-19)12-6-9-15-7-4-3-5-8-15/h3-5,7-8,10-11,13-14,23H,2,6,9,12H2,1H3. The van der Waals surface area contributed by atoms with Gasteiger partial charge < -0.3 is 9.84 Å². The summed E-state index contributed by atoms with van der Waals surface area (Å²) in [6.07, 6.45) is 3.56. The SMILES string of the molecule is CCOc1cc(C=C2SC(=S)N(CCCc3ccccc3)C2=O)ccc1O. The van der Waals surface area contributed by atoms with Gasteiger partial charge in [-0.05, 0) is 49.1 Å². The Kier molecular flexibility index (Phi) is 6.53. The molecule has 4 nitrogen and oxygen atoms in total. The number of nitrogens with zero attached hydrogens (tertiary/aromatic N) is 1. The highest BCUT2D eigenvalue weighted by molar-refractivity contribution is 8.26. The number of hydrogen-bond donors (Lipinski definition) is 1. The van der Waals surface area contributed by atoms with Crippen molar-refractivity contribution in [2.45, 2.75) is 19.8 Å². The Morgan fingerprint density at radius 3 is 2.74 bits per heavy atom. The molecule has 1 heterocycles. The number of carbonyl (C=O) groups excluding carboxylic acids is 1. The normalized spacial score (nSPS) is 15.6. The van der Waals surface area contributed by atoms with Gasteiger partial charge in [-0.1, -0.05) is 60.4 Å². The maximum atomic E-state index is 12.7. The van der Waals surface area contributed by atoms with E-state index in [1.54, 1.807) is 29.2 Å². The second-order valence-electron chi connectivity index (χ2n) is 6.08. The molecule has 3 rings (SSSR count). The van der Waals surface area contributed by atoms with E-state index in [-0.39, 0.29) is 11.7 Å². The fourth-order valence-electron chi connectivity index (χ4n) is 2.82. The molecule has 0 radical (unpaired) electrons. The minimum absolute atomic E-state index is 0.0657. The third-order valence-electron chi connectivity index (χ3n) is 4.15. The Hall–Kier alpha value is -2.31. The maximum absolute atomic E-state index is 12.7. The number of amides is 1. The van der Waals surface area contributed by atoms with E-state index in [0.29, 0.717) is 28.1 Å². The monoisotopic (exact) mass is 399 g/mol. The van der Waals surface area contributed by atoms with Crippen LogP contribution in [-0.4, -0.2) is 33.4 Å². The Morgan fingerprint density at radius 2 is 2.00 bits per heavy atom. The van der Waals surface area contributed by atoms with Crippen molar-refractivity contribution in [1.29, 1.82) is 0 Å². The quantitative estimate of drug-likeness (QED) is 0.544. The molecular formula is C21H21NO3S2. The Morgan fingerprint density at radius 1 is 1.22 bits per heavy atom. The van der Waals surface area contributed by atoms with Crippen molar-refractivity contribution in [1.82, 2.24) is 4.90 Å². The van der Waals surface area contributed by atoms with Gasteiger partial charge in [-0.15, -0.1) is 0 Å².